The van der Waals surface area contributed by atoms with E-state index in [-0.39, 0.29) is 0 Å². The SMILES string of the molecule is Cc1cccc(C)c1-c1cccc(C=O)n1. The van der Waals surface area contributed by atoms with E-state index in [2.05, 4.69) is 31.0 Å². The molecule has 0 spiro atoms. The number of pyridine rings is 1. The molecule has 0 bridgehead atoms. The summed E-state index contributed by atoms with van der Waals surface area (Å²) in [7, 11) is 0. The number of carbonyl (C=O) groups is 1. The van der Waals surface area contributed by atoms with E-state index in [4.69, 9.17) is 0 Å². The molecule has 0 fully saturated rings. The molecule has 16 heavy (non-hydrogen) atoms. The van der Waals surface area contributed by atoms with Crippen LogP contribution in [0.2, 0.25) is 0 Å². The molecule has 0 aliphatic heterocycles. The molecule has 0 unspecified atom stereocenters. The second kappa shape index (κ2) is 4.27. The second-order valence-electron chi connectivity index (χ2n) is 3.83. The highest BCUT2D eigenvalue weighted by Crippen LogP contribution is 2.25. The Labute approximate surface area is 95.0 Å². The molecule has 0 N–H and O–H groups in total. The van der Waals surface area contributed by atoms with E-state index in [1.54, 1.807) is 6.07 Å². The second-order valence-corrected chi connectivity index (χ2v) is 3.83. The first-order valence-corrected chi connectivity index (χ1v) is 5.21. The fraction of sp³-hybridized carbons (Fsp3) is 0.143. The van der Waals surface area contributed by atoms with Crippen molar-refractivity contribution in [3.63, 3.8) is 0 Å². The lowest BCUT2D eigenvalue weighted by Crippen LogP contribution is -1.93. The molecule has 0 aliphatic rings. The third-order valence-electron chi connectivity index (χ3n) is 2.63. The number of nitrogens with zero attached hydrogens (tertiary/aromatic N) is 1. The number of hydrogen-bond acceptors (Lipinski definition) is 2. The van der Waals surface area contributed by atoms with Crippen molar-refractivity contribution in [2.24, 2.45) is 0 Å². The predicted octanol–water partition coefficient (Wildman–Crippen LogP) is 3.18. The highest BCUT2D eigenvalue weighted by Gasteiger charge is 2.06. The fourth-order valence-corrected chi connectivity index (χ4v) is 1.87. The van der Waals surface area contributed by atoms with E-state index >= 15 is 0 Å². The van der Waals surface area contributed by atoms with E-state index in [0.717, 1.165) is 17.5 Å². The molecular weight excluding hydrogens is 198 g/mol. The minimum Gasteiger partial charge on any atom is -0.296 e. The van der Waals surface area contributed by atoms with Gasteiger partial charge in [-0.3, -0.25) is 4.79 Å². The first-order valence-electron chi connectivity index (χ1n) is 5.21. The van der Waals surface area contributed by atoms with Crippen molar-refractivity contribution in [3.05, 3.63) is 53.2 Å². The van der Waals surface area contributed by atoms with Gasteiger partial charge in [0.25, 0.3) is 0 Å². The summed E-state index contributed by atoms with van der Waals surface area (Å²) in [5, 5.41) is 0. The Morgan fingerprint density at radius 3 is 2.25 bits per heavy atom. The predicted molar refractivity (Wildman–Crippen MR) is 64.5 cm³/mol. The van der Waals surface area contributed by atoms with Crippen molar-refractivity contribution < 1.29 is 4.79 Å². The van der Waals surface area contributed by atoms with Gasteiger partial charge in [-0.1, -0.05) is 24.3 Å². The van der Waals surface area contributed by atoms with Gasteiger partial charge < -0.3 is 0 Å². The van der Waals surface area contributed by atoms with E-state index in [9.17, 15) is 4.79 Å². The summed E-state index contributed by atoms with van der Waals surface area (Å²) in [6.45, 7) is 4.11. The summed E-state index contributed by atoms with van der Waals surface area (Å²) in [4.78, 5) is 15.0. The van der Waals surface area contributed by atoms with E-state index in [1.807, 2.05) is 18.2 Å². The first kappa shape index (κ1) is 10.6. The van der Waals surface area contributed by atoms with Gasteiger partial charge in [0.15, 0.2) is 6.29 Å². The summed E-state index contributed by atoms with van der Waals surface area (Å²) in [5.41, 5.74) is 4.80. The average molecular weight is 211 g/mol. The van der Waals surface area contributed by atoms with Crippen LogP contribution >= 0.6 is 0 Å². The van der Waals surface area contributed by atoms with Gasteiger partial charge in [-0.2, -0.15) is 0 Å². The lowest BCUT2D eigenvalue weighted by Gasteiger charge is -2.08. The van der Waals surface area contributed by atoms with Crippen LogP contribution in [0.15, 0.2) is 36.4 Å². The normalized spacial score (nSPS) is 10.1. The summed E-state index contributed by atoms with van der Waals surface area (Å²) in [5.74, 6) is 0. The quantitative estimate of drug-likeness (QED) is 0.714. The summed E-state index contributed by atoms with van der Waals surface area (Å²) in [6, 6.07) is 11.6. The summed E-state index contributed by atoms with van der Waals surface area (Å²) < 4.78 is 0. The molecule has 2 heteroatoms. The Kier molecular flexibility index (Phi) is 2.82. The van der Waals surface area contributed by atoms with Crippen LogP contribution in [0.5, 0.6) is 0 Å². The maximum atomic E-state index is 10.7. The van der Waals surface area contributed by atoms with Gasteiger partial charge in [0.2, 0.25) is 0 Å². The molecule has 0 aliphatic carbocycles. The topological polar surface area (TPSA) is 30.0 Å². The molecule has 1 aromatic heterocycles. The number of aryl methyl sites for hydroxylation is 2. The molecule has 2 rings (SSSR count). The Hall–Kier alpha value is -1.96. The van der Waals surface area contributed by atoms with Crippen LogP contribution in [-0.4, -0.2) is 11.3 Å². The third-order valence-corrected chi connectivity index (χ3v) is 2.63. The van der Waals surface area contributed by atoms with Crippen LogP contribution in [0.3, 0.4) is 0 Å². The maximum Gasteiger partial charge on any atom is 0.168 e. The third kappa shape index (κ3) is 1.87. The van der Waals surface area contributed by atoms with Crippen molar-refractivity contribution in [2.45, 2.75) is 13.8 Å². The Morgan fingerprint density at radius 2 is 1.62 bits per heavy atom. The number of hydrogen-bond donors (Lipinski definition) is 0. The van der Waals surface area contributed by atoms with E-state index < -0.39 is 0 Å². The van der Waals surface area contributed by atoms with E-state index in [1.165, 1.54) is 11.1 Å². The largest absolute Gasteiger partial charge is 0.296 e. The number of carbonyl (C=O) groups excluding carboxylic acids is 1. The number of aromatic nitrogens is 1. The molecule has 0 amide bonds. The number of rotatable bonds is 2. The van der Waals surface area contributed by atoms with Gasteiger partial charge in [0, 0.05) is 5.56 Å². The minimum absolute atomic E-state index is 0.472. The van der Waals surface area contributed by atoms with Gasteiger partial charge in [-0.05, 0) is 37.1 Å². The molecule has 0 saturated heterocycles. The van der Waals surface area contributed by atoms with Gasteiger partial charge >= 0.3 is 0 Å². The molecule has 1 aromatic carbocycles. The van der Waals surface area contributed by atoms with E-state index in [0.29, 0.717) is 5.69 Å². The van der Waals surface area contributed by atoms with Crippen LogP contribution in [0.25, 0.3) is 11.3 Å². The molecule has 2 aromatic rings. The Bertz CT molecular complexity index is 512. The molecule has 0 radical (unpaired) electrons. The van der Waals surface area contributed by atoms with Crippen molar-refractivity contribution in [3.8, 4) is 11.3 Å². The van der Waals surface area contributed by atoms with Crippen LogP contribution in [0.1, 0.15) is 21.6 Å². The first-order chi connectivity index (χ1) is 7.72. The van der Waals surface area contributed by atoms with Crippen LogP contribution < -0.4 is 0 Å². The van der Waals surface area contributed by atoms with Crippen molar-refractivity contribution in [1.82, 2.24) is 4.98 Å². The molecule has 2 nitrogen and oxygen atoms in total. The molecule has 0 saturated carbocycles. The minimum atomic E-state index is 0.472. The number of aldehydes is 1. The lowest BCUT2D eigenvalue weighted by atomic mass is 9.99. The highest BCUT2D eigenvalue weighted by atomic mass is 16.1. The van der Waals surface area contributed by atoms with Gasteiger partial charge in [-0.25, -0.2) is 4.98 Å². The smallest absolute Gasteiger partial charge is 0.168 e. The molecule has 80 valence electrons. The van der Waals surface area contributed by atoms with Crippen LogP contribution in [-0.2, 0) is 0 Å². The zero-order chi connectivity index (χ0) is 11.5. The van der Waals surface area contributed by atoms with Crippen molar-refractivity contribution in [1.29, 1.82) is 0 Å². The zero-order valence-corrected chi connectivity index (χ0v) is 9.40. The summed E-state index contributed by atoms with van der Waals surface area (Å²) in [6.07, 6.45) is 0.775. The molecule has 1 heterocycles. The zero-order valence-electron chi connectivity index (χ0n) is 9.40. The lowest BCUT2D eigenvalue weighted by molar-refractivity contribution is 0.111. The van der Waals surface area contributed by atoms with Gasteiger partial charge in [0.1, 0.15) is 5.69 Å². The molecular formula is C14H13NO. The molecule has 0 atom stereocenters. The van der Waals surface area contributed by atoms with Crippen LogP contribution in [0.4, 0.5) is 0 Å². The summed E-state index contributed by atoms with van der Waals surface area (Å²) >= 11 is 0. The highest BCUT2D eigenvalue weighted by molar-refractivity contribution is 5.75. The number of benzene rings is 1. The average Bonchev–Trinajstić information content (AvgIpc) is 2.29. The fourth-order valence-electron chi connectivity index (χ4n) is 1.87. The Balaban J connectivity index is 2.62. The van der Waals surface area contributed by atoms with Gasteiger partial charge in [0.05, 0.1) is 5.69 Å². The van der Waals surface area contributed by atoms with Crippen molar-refractivity contribution >= 4 is 6.29 Å². The standard InChI is InChI=1S/C14H13NO/c1-10-5-3-6-11(2)14(10)13-8-4-7-12(9-16)15-13/h3-9H,1-2H3. The Morgan fingerprint density at radius 1 is 1.00 bits per heavy atom. The van der Waals surface area contributed by atoms with Crippen molar-refractivity contribution in [2.75, 3.05) is 0 Å². The van der Waals surface area contributed by atoms with Crippen LogP contribution in [0, 0.1) is 13.8 Å². The maximum absolute atomic E-state index is 10.7. The van der Waals surface area contributed by atoms with Gasteiger partial charge in [-0.15, -0.1) is 0 Å². The monoisotopic (exact) mass is 211 g/mol.